The normalized spacial score (nSPS) is 15.5. The van der Waals surface area contributed by atoms with E-state index in [1.807, 2.05) is 4.90 Å². The summed E-state index contributed by atoms with van der Waals surface area (Å²) in [5.74, 6) is -0.329. The molecule has 1 aliphatic rings. The van der Waals surface area contributed by atoms with E-state index in [9.17, 15) is 18.0 Å². The predicted molar refractivity (Wildman–Crippen MR) is 90.8 cm³/mol. The monoisotopic (exact) mass is 387 g/mol. The third-order valence-electron chi connectivity index (χ3n) is 4.16. The average molecular weight is 388 g/mol. The molecule has 1 aromatic carbocycles. The SMILES string of the molecule is O=C(Nc1ccc(Cl)cc1F)N1CCN(Cc2nccn2C(F)F)CC1. The van der Waals surface area contributed by atoms with Crippen LogP contribution in [0, 0.1) is 5.82 Å². The smallest absolute Gasteiger partial charge is 0.322 e. The van der Waals surface area contributed by atoms with E-state index in [2.05, 4.69) is 10.3 Å². The lowest BCUT2D eigenvalue weighted by molar-refractivity contribution is 0.0620. The lowest BCUT2D eigenvalue weighted by Crippen LogP contribution is -2.49. The molecule has 10 heteroatoms. The van der Waals surface area contributed by atoms with Crippen LogP contribution in [-0.4, -0.2) is 51.6 Å². The van der Waals surface area contributed by atoms with Crippen molar-refractivity contribution in [3.63, 3.8) is 0 Å². The molecule has 2 aromatic rings. The summed E-state index contributed by atoms with van der Waals surface area (Å²) in [6.45, 7) is -0.543. The number of piperazine rings is 1. The Morgan fingerprint density at radius 1 is 1.27 bits per heavy atom. The molecule has 0 radical (unpaired) electrons. The van der Waals surface area contributed by atoms with Crippen LogP contribution in [0.3, 0.4) is 0 Å². The molecule has 0 unspecified atom stereocenters. The average Bonchev–Trinajstić information content (AvgIpc) is 3.06. The Balaban J connectivity index is 1.53. The number of urea groups is 1. The molecule has 6 nitrogen and oxygen atoms in total. The Hall–Kier alpha value is -2.26. The maximum absolute atomic E-state index is 13.8. The van der Waals surface area contributed by atoms with Crippen molar-refractivity contribution in [3.05, 3.63) is 47.3 Å². The summed E-state index contributed by atoms with van der Waals surface area (Å²) >= 11 is 5.68. The fourth-order valence-electron chi connectivity index (χ4n) is 2.74. The van der Waals surface area contributed by atoms with Crippen molar-refractivity contribution in [2.24, 2.45) is 0 Å². The van der Waals surface area contributed by atoms with Gasteiger partial charge in [0.15, 0.2) is 0 Å². The van der Waals surface area contributed by atoms with Crippen LogP contribution < -0.4 is 5.32 Å². The summed E-state index contributed by atoms with van der Waals surface area (Å²) in [6, 6.07) is 3.60. The van der Waals surface area contributed by atoms with Gasteiger partial charge in [0, 0.05) is 43.6 Å². The predicted octanol–water partition coefficient (Wildman–Crippen LogP) is 3.42. The first-order valence-corrected chi connectivity index (χ1v) is 8.35. The highest BCUT2D eigenvalue weighted by molar-refractivity contribution is 6.30. The number of carbonyl (C=O) groups is 1. The lowest BCUT2D eigenvalue weighted by Gasteiger charge is -2.34. The zero-order valence-corrected chi connectivity index (χ0v) is 14.5. The van der Waals surface area contributed by atoms with E-state index in [0.29, 0.717) is 26.2 Å². The van der Waals surface area contributed by atoms with Crippen molar-refractivity contribution >= 4 is 23.3 Å². The molecular formula is C16H17ClF3N5O. The van der Waals surface area contributed by atoms with E-state index < -0.39 is 18.4 Å². The third kappa shape index (κ3) is 4.28. The summed E-state index contributed by atoms with van der Waals surface area (Å²) in [7, 11) is 0. The van der Waals surface area contributed by atoms with Crippen molar-refractivity contribution in [3.8, 4) is 0 Å². The van der Waals surface area contributed by atoms with Gasteiger partial charge in [0.1, 0.15) is 11.6 Å². The standard InChI is InChI=1S/C16H17ClF3N5O/c17-11-1-2-13(12(18)9-11)22-16(26)24-7-5-23(6-8-24)10-14-21-3-4-25(14)15(19)20/h1-4,9,15H,5-8,10H2,(H,22,26). The summed E-state index contributed by atoms with van der Waals surface area (Å²) in [6.07, 6.45) is 2.58. The summed E-state index contributed by atoms with van der Waals surface area (Å²) in [5, 5.41) is 2.76. The summed E-state index contributed by atoms with van der Waals surface area (Å²) in [5.41, 5.74) is 0.0563. The van der Waals surface area contributed by atoms with Crippen LogP contribution in [0.25, 0.3) is 0 Å². The van der Waals surface area contributed by atoms with E-state index in [4.69, 9.17) is 11.6 Å². The van der Waals surface area contributed by atoms with Gasteiger partial charge >= 0.3 is 12.6 Å². The molecule has 1 fully saturated rings. The van der Waals surface area contributed by atoms with E-state index in [-0.39, 0.29) is 23.1 Å². The number of nitrogens with zero attached hydrogens (tertiary/aromatic N) is 4. The molecule has 0 saturated carbocycles. The van der Waals surface area contributed by atoms with Crippen molar-refractivity contribution in [1.82, 2.24) is 19.4 Å². The molecule has 0 aliphatic carbocycles. The second kappa shape index (κ2) is 7.96. The Bertz CT molecular complexity index is 777. The van der Waals surface area contributed by atoms with Crippen LogP contribution in [0.5, 0.6) is 0 Å². The third-order valence-corrected chi connectivity index (χ3v) is 4.39. The maximum atomic E-state index is 13.8. The molecule has 2 amide bonds. The van der Waals surface area contributed by atoms with Gasteiger partial charge in [0.2, 0.25) is 0 Å². The largest absolute Gasteiger partial charge is 0.322 e. The zero-order chi connectivity index (χ0) is 18.7. The van der Waals surface area contributed by atoms with Gasteiger partial charge in [-0.25, -0.2) is 14.2 Å². The minimum Gasteiger partial charge on any atom is -0.322 e. The molecule has 3 rings (SSSR count). The van der Waals surface area contributed by atoms with Gasteiger partial charge in [0.25, 0.3) is 0 Å². The number of alkyl halides is 2. The zero-order valence-electron chi connectivity index (χ0n) is 13.7. The van der Waals surface area contributed by atoms with E-state index in [0.717, 1.165) is 10.6 Å². The number of rotatable bonds is 4. The minimum absolute atomic E-state index is 0.0563. The molecule has 26 heavy (non-hydrogen) atoms. The van der Waals surface area contributed by atoms with Crippen LogP contribution in [-0.2, 0) is 6.54 Å². The Morgan fingerprint density at radius 3 is 2.65 bits per heavy atom. The van der Waals surface area contributed by atoms with Gasteiger partial charge in [-0.15, -0.1) is 0 Å². The quantitative estimate of drug-likeness (QED) is 0.874. The highest BCUT2D eigenvalue weighted by Crippen LogP contribution is 2.20. The van der Waals surface area contributed by atoms with Gasteiger partial charge in [-0.2, -0.15) is 8.78 Å². The molecule has 0 atom stereocenters. The number of hydrogen-bond donors (Lipinski definition) is 1. The molecule has 0 spiro atoms. The number of benzene rings is 1. The fraction of sp³-hybridized carbons (Fsp3) is 0.375. The Kier molecular flexibility index (Phi) is 5.67. The van der Waals surface area contributed by atoms with Crippen LogP contribution in [0.2, 0.25) is 5.02 Å². The van der Waals surface area contributed by atoms with Crippen LogP contribution in [0.4, 0.5) is 23.7 Å². The molecule has 1 aromatic heterocycles. The first-order chi connectivity index (χ1) is 12.4. The van der Waals surface area contributed by atoms with Crippen LogP contribution in [0.1, 0.15) is 12.4 Å². The van der Waals surface area contributed by atoms with Gasteiger partial charge in [0.05, 0.1) is 12.2 Å². The Morgan fingerprint density at radius 2 is 2.00 bits per heavy atom. The Labute approximate surface area is 153 Å². The van der Waals surface area contributed by atoms with E-state index in [1.165, 1.54) is 24.5 Å². The number of aromatic nitrogens is 2. The lowest BCUT2D eigenvalue weighted by atomic mass is 10.3. The van der Waals surface area contributed by atoms with Gasteiger partial charge < -0.3 is 10.2 Å². The number of amides is 2. The number of hydrogen-bond acceptors (Lipinski definition) is 3. The van der Waals surface area contributed by atoms with E-state index >= 15 is 0 Å². The van der Waals surface area contributed by atoms with Crippen molar-refractivity contribution in [2.45, 2.75) is 13.1 Å². The molecule has 2 heterocycles. The minimum atomic E-state index is -2.63. The van der Waals surface area contributed by atoms with Crippen molar-refractivity contribution in [2.75, 3.05) is 31.5 Å². The molecule has 0 bridgehead atoms. The number of carbonyl (C=O) groups excluding carboxylic acids is 1. The second-order valence-corrected chi connectivity index (χ2v) is 6.28. The van der Waals surface area contributed by atoms with Gasteiger partial charge in [-0.3, -0.25) is 9.47 Å². The second-order valence-electron chi connectivity index (χ2n) is 5.85. The summed E-state index contributed by atoms with van der Waals surface area (Å²) < 4.78 is 40.3. The maximum Gasteiger partial charge on any atom is 0.322 e. The first kappa shape index (κ1) is 18.5. The topological polar surface area (TPSA) is 53.4 Å². The van der Waals surface area contributed by atoms with Gasteiger partial charge in [-0.05, 0) is 18.2 Å². The number of halogens is 4. The molecule has 1 aliphatic heterocycles. The van der Waals surface area contributed by atoms with Gasteiger partial charge in [-0.1, -0.05) is 11.6 Å². The van der Waals surface area contributed by atoms with E-state index in [1.54, 1.807) is 4.90 Å². The number of imidazole rings is 1. The van der Waals surface area contributed by atoms with Crippen molar-refractivity contribution < 1.29 is 18.0 Å². The number of anilines is 1. The number of nitrogens with one attached hydrogen (secondary N) is 1. The van der Waals surface area contributed by atoms with Crippen LogP contribution >= 0.6 is 11.6 Å². The highest BCUT2D eigenvalue weighted by atomic mass is 35.5. The van der Waals surface area contributed by atoms with Crippen molar-refractivity contribution in [1.29, 1.82) is 0 Å². The summed E-state index contributed by atoms with van der Waals surface area (Å²) in [4.78, 5) is 19.7. The fourth-order valence-corrected chi connectivity index (χ4v) is 2.90. The molecule has 1 saturated heterocycles. The molecular weight excluding hydrogens is 371 g/mol. The molecule has 140 valence electrons. The first-order valence-electron chi connectivity index (χ1n) is 7.97. The van der Waals surface area contributed by atoms with Crippen LogP contribution in [0.15, 0.2) is 30.6 Å². The highest BCUT2D eigenvalue weighted by Gasteiger charge is 2.23. The molecule has 1 N–H and O–H groups in total.